The van der Waals surface area contributed by atoms with E-state index in [4.69, 9.17) is 11.0 Å². The van der Waals surface area contributed by atoms with Crippen LogP contribution in [0.25, 0.3) is 11.0 Å². The molecule has 0 saturated carbocycles. The first-order chi connectivity index (χ1) is 10.8. The van der Waals surface area contributed by atoms with Crippen LogP contribution >= 0.6 is 12.2 Å². The lowest BCUT2D eigenvalue weighted by molar-refractivity contribution is -0.215. The van der Waals surface area contributed by atoms with Crippen LogP contribution in [0, 0.1) is 6.92 Å². The van der Waals surface area contributed by atoms with Crippen molar-refractivity contribution in [1.29, 1.82) is 0 Å². The van der Waals surface area contributed by atoms with Gasteiger partial charge in [0.05, 0.1) is 22.3 Å². The van der Waals surface area contributed by atoms with Crippen molar-refractivity contribution >= 4 is 40.0 Å². The van der Waals surface area contributed by atoms with Gasteiger partial charge in [-0.1, -0.05) is 0 Å². The molecule has 1 heterocycles. The second-order valence-electron chi connectivity index (χ2n) is 4.39. The highest BCUT2D eigenvalue weighted by molar-refractivity contribution is 7.80. The Morgan fingerprint density at radius 3 is 2.57 bits per heavy atom. The maximum absolute atomic E-state index is 12.3. The van der Waals surface area contributed by atoms with Crippen molar-refractivity contribution in [2.45, 2.75) is 6.92 Å². The number of H-pyrrole nitrogens is 2. The molecule has 0 saturated heterocycles. The number of carbonyl (C=O) groups excluding carboxylic acids is 1. The van der Waals surface area contributed by atoms with Crippen molar-refractivity contribution in [1.82, 2.24) is 20.8 Å². The molecule has 2 aromatic rings. The Morgan fingerprint density at radius 1 is 1.30 bits per heavy atom. The van der Waals surface area contributed by atoms with E-state index < -0.39 is 17.0 Å². The van der Waals surface area contributed by atoms with E-state index in [1.165, 1.54) is 13.0 Å². The Kier molecular flexibility index (Phi) is 4.59. The van der Waals surface area contributed by atoms with E-state index in [9.17, 15) is 14.4 Å². The summed E-state index contributed by atoms with van der Waals surface area (Å²) in [6.45, 7) is 1.53. The third-order valence-corrected chi connectivity index (χ3v) is 3.06. The van der Waals surface area contributed by atoms with Crippen molar-refractivity contribution in [2.75, 3.05) is 5.48 Å². The summed E-state index contributed by atoms with van der Waals surface area (Å²) < 4.78 is 0. The molecular weight excluding hydrogens is 328 g/mol. The Hall–Kier alpha value is -2.96. The normalized spacial score (nSPS) is 10.3. The van der Waals surface area contributed by atoms with Gasteiger partial charge in [0, 0.05) is 0 Å². The zero-order chi connectivity index (χ0) is 17.1. The number of carbonyl (C=O) groups is 1. The number of amides is 1. The van der Waals surface area contributed by atoms with E-state index in [0.29, 0.717) is 5.56 Å². The van der Waals surface area contributed by atoms with Gasteiger partial charge in [0.1, 0.15) is 0 Å². The molecule has 12 heteroatoms. The third-order valence-electron chi connectivity index (χ3n) is 2.96. The van der Waals surface area contributed by atoms with Crippen molar-refractivity contribution in [3.05, 3.63) is 37.9 Å². The monoisotopic (exact) mass is 340 g/mol. The van der Waals surface area contributed by atoms with Gasteiger partial charge in [0.25, 0.3) is 5.91 Å². The molecule has 0 radical (unpaired) electrons. The van der Waals surface area contributed by atoms with E-state index in [-0.39, 0.29) is 27.4 Å². The van der Waals surface area contributed by atoms with Crippen molar-refractivity contribution < 1.29 is 15.0 Å². The number of aromatic amines is 2. The number of anilines is 1. The average molecular weight is 340 g/mol. The minimum Gasteiger partial charge on any atom is -0.375 e. The highest BCUT2D eigenvalue weighted by Crippen LogP contribution is 2.25. The molecule has 0 aliphatic heterocycles. The summed E-state index contributed by atoms with van der Waals surface area (Å²) >= 11 is 4.58. The van der Waals surface area contributed by atoms with E-state index in [2.05, 4.69) is 43.5 Å². The molecule has 0 bridgehead atoms. The lowest BCUT2D eigenvalue weighted by atomic mass is 10.0. The minimum absolute atomic E-state index is 0.000787. The zero-order valence-corrected chi connectivity index (χ0v) is 12.5. The Balaban J connectivity index is 2.72. The molecule has 8 N–H and O–H groups in total. The molecule has 0 unspecified atom stereocenters. The second kappa shape index (κ2) is 6.43. The van der Waals surface area contributed by atoms with Crippen LogP contribution in [0.1, 0.15) is 15.9 Å². The molecular formula is C11H12N6O5S. The molecule has 0 aliphatic carbocycles. The fourth-order valence-corrected chi connectivity index (χ4v) is 2.03. The molecule has 0 spiro atoms. The molecule has 1 aromatic heterocycles. The van der Waals surface area contributed by atoms with Crippen LogP contribution in [0.15, 0.2) is 15.7 Å². The molecule has 2 rings (SSSR count). The first-order valence-corrected chi connectivity index (χ1v) is 6.48. The minimum atomic E-state index is -0.924. The van der Waals surface area contributed by atoms with Crippen LogP contribution in [-0.4, -0.2) is 26.2 Å². The fourth-order valence-electron chi connectivity index (χ4n) is 1.98. The summed E-state index contributed by atoms with van der Waals surface area (Å²) in [6, 6.07) is 1.37. The van der Waals surface area contributed by atoms with E-state index >= 15 is 0 Å². The summed E-state index contributed by atoms with van der Waals surface area (Å²) in [6.07, 6.45) is 0. The van der Waals surface area contributed by atoms with E-state index in [0.717, 1.165) is 0 Å². The number of thiocarbonyl (C=S) groups is 1. The van der Waals surface area contributed by atoms with Gasteiger partial charge in [-0.25, -0.2) is 10.7 Å². The predicted molar refractivity (Wildman–Crippen MR) is 84.7 cm³/mol. The van der Waals surface area contributed by atoms with Gasteiger partial charge in [-0.3, -0.25) is 25.2 Å². The van der Waals surface area contributed by atoms with Crippen LogP contribution in [-0.2, 0) is 4.99 Å². The smallest absolute Gasteiger partial charge is 0.314 e. The summed E-state index contributed by atoms with van der Waals surface area (Å²) in [5.74, 6) is -0.690. The maximum atomic E-state index is 12.3. The van der Waals surface area contributed by atoms with Crippen LogP contribution in [0.2, 0.25) is 0 Å². The lowest BCUT2D eigenvalue weighted by Gasteiger charge is -2.14. The number of hydrogen-bond donors (Lipinski definition) is 7. The van der Waals surface area contributed by atoms with Gasteiger partial charge in [-0.2, -0.15) is 0 Å². The first kappa shape index (κ1) is 16.4. The molecule has 0 atom stereocenters. The molecule has 1 amide bonds. The lowest BCUT2D eigenvalue weighted by Crippen LogP contribution is -2.44. The number of hydrazine groups is 1. The maximum Gasteiger partial charge on any atom is 0.314 e. The quantitative estimate of drug-likeness (QED) is 0.157. The van der Waals surface area contributed by atoms with Crippen LogP contribution in [0.4, 0.5) is 5.69 Å². The number of rotatable bonds is 3. The standard InChI is InChI=1S/C11H12N6O5S/c1-3-4(17-22-21)2-5-7(14-10(20)9(19)13-5)6(3)8(18)15-16-11(12)23/h2,17,21H,1H3,(H,13,19)(H,14,20)(H,15,18)(H3,12,16,23). The molecule has 1 aromatic carbocycles. The van der Waals surface area contributed by atoms with Gasteiger partial charge in [-0.05, 0) is 30.8 Å². The molecule has 0 fully saturated rings. The van der Waals surface area contributed by atoms with Gasteiger partial charge >= 0.3 is 11.1 Å². The molecule has 0 aliphatic rings. The molecule has 23 heavy (non-hydrogen) atoms. The highest BCUT2D eigenvalue weighted by atomic mass is 32.1. The van der Waals surface area contributed by atoms with Gasteiger partial charge < -0.3 is 15.7 Å². The molecule has 11 nitrogen and oxygen atoms in total. The summed E-state index contributed by atoms with van der Waals surface area (Å²) in [7, 11) is 0. The number of aromatic nitrogens is 2. The van der Waals surface area contributed by atoms with Crippen molar-refractivity contribution in [2.24, 2.45) is 5.73 Å². The van der Waals surface area contributed by atoms with Crippen molar-refractivity contribution in [3.8, 4) is 0 Å². The van der Waals surface area contributed by atoms with Crippen LogP contribution in [0.5, 0.6) is 0 Å². The summed E-state index contributed by atoms with van der Waals surface area (Å²) in [5.41, 5.74) is 10.8. The fraction of sp³-hybridized carbons (Fsp3) is 0.0909. The number of nitrogens with one attached hydrogen (secondary N) is 5. The summed E-state index contributed by atoms with van der Waals surface area (Å²) in [4.78, 5) is 43.7. The first-order valence-electron chi connectivity index (χ1n) is 6.07. The Labute approximate surface area is 132 Å². The predicted octanol–water partition coefficient (Wildman–Crippen LogP) is -1.18. The number of nitrogens with two attached hydrogens (primary N) is 1. The number of fused-ring (bicyclic) bond motifs is 1. The Bertz CT molecular complexity index is 904. The summed E-state index contributed by atoms with van der Waals surface area (Å²) in [5, 5.41) is 8.36. The zero-order valence-electron chi connectivity index (χ0n) is 11.6. The van der Waals surface area contributed by atoms with Gasteiger partial charge in [-0.15, -0.1) is 4.99 Å². The second-order valence-corrected chi connectivity index (χ2v) is 4.83. The van der Waals surface area contributed by atoms with Crippen LogP contribution in [0.3, 0.4) is 0 Å². The van der Waals surface area contributed by atoms with E-state index in [1.807, 2.05) is 0 Å². The van der Waals surface area contributed by atoms with Crippen LogP contribution < -0.4 is 33.2 Å². The van der Waals surface area contributed by atoms with Gasteiger partial charge in [0.2, 0.25) is 0 Å². The number of benzene rings is 1. The average Bonchev–Trinajstić information content (AvgIpc) is 2.48. The molecule has 122 valence electrons. The number of hydrogen-bond acceptors (Lipinski definition) is 7. The van der Waals surface area contributed by atoms with Gasteiger partial charge in [0.15, 0.2) is 5.11 Å². The SMILES string of the molecule is Cc1c(NOO)cc2[nH]c(=O)c(=O)[nH]c2c1C(=O)NNC(N)=S. The van der Waals surface area contributed by atoms with E-state index in [1.54, 1.807) is 0 Å². The highest BCUT2D eigenvalue weighted by Gasteiger charge is 2.19. The van der Waals surface area contributed by atoms with Crippen molar-refractivity contribution in [3.63, 3.8) is 0 Å². The largest absolute Gasteiger partial charge is 0.375 e. The third kappa shape index (κ3) is 3.28. The Morgan fingerprint density at radius 2 is 1.96 bits per heavy atom. The topological polar surface area (TPSA) is 174 Å².